The quantitative estimate of drug-likeness (QED) is 0.589. The Morgan fingerprint density at radius 1 is 1.37 bits per heavy atom. The number of hydrogen-bond acceptors (Lipinski definition) is 4. The van der Waals surface area contributed by atoms with Gasteiger partial charge in [-0.2, -0.15) is 0 Å². The van der Waals surface area contributed by atoms with Crippen molar-refractivity contribution >= 4 is 28.6 Å². The third-order valence-electron chi connectivity index (χ3n) is 3.61. The number of hydrogen-bond donors (Lipinski definition) is 0. The summed E-state index contributed by atoms with van der Waals surface area (Å²) in [6.45, 7) is 3.91. The van der Waals surface area contributed by atoms with E-state index < -0.39 is 11.8 Å². The molecule has 0 radical (unpaired) electrons. The summed E-state index contributed by atoms with van der Waals surface area (Å²) in [5, 5.41) is 0. The van der Waals surface area contributed by atoms with Gasteiger partial charge in [0.25, 0.3) is 0 Å². The fourth-order valence-corrected chi connectivity index (χ4v) is 2.71. The zero-order chi connectivity index (χ0) is 14.2. The van der Waals surface area contributed by atoms with E-state index in [1.807, 2.05) is 45.2 Å². The molecule has 1 fully saturated rings. The van der Waals surface area contributed by atoms with E-state index in [2.05, 4.69) is 27.5 Å². The number of ether oxygens (including phenoxy) is 2. The molecule has 0 spiro atoms. The molecule has 0 amide bonds. The first-order valence-electron chi connectivity index (χ1n) is 6.11. The first-order chi connectivity index (χ1) is 8.86. The van der Waals surface area contributed by atoms with Crippen LogP contribution in [0.4, 0.5) is 0 Å². The Labute approximate surface area is 127 Å². The molecule has 1 saturated heterocycles. The molecule has 2 rings (SSSR count). The van der Waals surface area contributed by atoms with E-state index in [1.165, 1.54) is 7.11 Å². The maximum atomic E-state index is 11.9. The topological polar surface area (TPSA) is 38.8 Å². The van der Waals surface area contributed by atoms with Crippen molar-refractivity contribution in [3.8, 4) is 0 Å². The lowest BCUT2D eigenvalue weighted by Crippen LogP contribution is -2.37. The summed E-state index contributed by atoms with van der Waals surface area (Å²) >= 11 is 2.26. The molecule has 1 aliphatic rings. The molecule has 104 valence electrons. The summed E-state index contributed by atoms with van der Waals surface area (Å²) in [6.07, 6.45) is -0.593. The third kappa shape index (κ3) is 2.78. The van der Waals surface area contributed by atoms with Crippen LogP contribution in [0.25, 0.3) is 0 Å². The fraction of sp³-hybridized carbons (Fsp3) is 0.500. The maximum Gasteiger partial charge on any atom is 0.337 e. The number of carbonyl (C=O) groups excluding carboxylic acids is 1. The minimum atomic E-state index is -0.593. The Balaban J connectivity index is 2.38. The SMILES string of the molecule is COC(=O)C1OC(C)(C)N(C)[C@H]1c1ccc(I)cc1. The van der Waals surface area contributed by atoms with Crippen LogP contribution in [-0.2, 0) is 14.3 Å². The van der Waals surface area contributed by atoms with Gasteiger partial charge in [0.1, 0.15) is 5.72 Å². The standard InChI is InChI=1S/C14H18INO3/c1-14(2)16(3)11(12(19-14)13(17)18-4)9-5-7-10(15)8-6-9/h5-8,11-12H,1-4H3/t11-,12?/m0/s1. The van der Waals surface area contributed by atoms with Gasteiger partial charge in [0, 0.05) is 3.57 Å². The largest absolute Gasteiger partial charge is 0.467 e. The molecule has 0 saturated carbocycles. The molecule has 19 heavy (non-hydrogen) atoms. The molecule has 4 nitrogen and oxygen atoms in total. The van der Waals surface area contributed by atoms with E-state index >= 15 is 0 Å². The smallest absolute Gasteiger partial charge is 0.337 e. The van der Waals surface area contributed by atoms with E-state index in [0.717, 1.165) is 9.13 Å². The maximum absolute atomic E-state index is 11.9. The monoisotopic (exact) mass is 375 g/mol. The van der Waals surface area contributed by atoms with E-state index in [-0.39, 0.29) is 12.0 Å². The third-order valence-corrected chi connectivity index (χ3v) is 4.33. The van der Waals surface area contributed by atoms with E-state index in [9.17, 15) is 4.79 Å². The Bertz CT molecular complexity index is 472. The Hall–Kier alpha value is -0.660. The molecule has 0 N–H and O–H groups in total. The van der Waals surface area contributed by atoms with E-state index in [1.54, 1.807) is 0 Å². The normalized spacial score (nSPS) is 26.4. The minimum Gasteiger partial charge on any atom is -0.467 e. The second-order valence-electron chi connectivity index (χ2n) is 5.12. The van der Waals surface area contributed by atoms with Crippen molar-refractivity contribution in [3.05, 3.63) is 33.4 Å². The van der Waals surface area contributed by atoms with Crippen molar-refractivity contribution in [3.63, 3.8) is 0 Å². The number of esters is 1. The van der Waals surface area contributed by atoms with Crippen LogP contribution in [0.3, 0.4) is 0 Å². The predicted molar refractivity (Wildman–Crippen MR) is 80.6 cm³/mol. The number of rotatable bonds is 2. The lowest BCUT2D eigenvalue weighted by molar-refractivity contribution is -0.158. The average Bonchev–Trinajstić information content (AvgIpc) is 2.61. The lowest BCUT2D eigenvalue weighted by Gasteiger charge is -2.29. The number of benzene rings is 1. The molecule has 0 aromatic heterocycles. The number of halogens is 1. The number of likely N-dealkylation sites (N-methyl/N-ethyl adjacent to an activating group) is 1. The Morgan fingerprint density at radius 2 is 1.95 bits per heavy atom. The molecule has 0 bridgehead atoms. The van der Waals surface area contributed by atoms with Gasteiger partial charge < -0.3 is 9.47 Å². The van der Waals surface area contributed by atoms with Crippen LogP contribution in [0.5, 0.6) is 0 Å². The summed E-state index contributed by atoms with van der Waals surface area (Å²) in [7, 11) is 3.35. The van der Waals surface area contributed by atoms with Gasteiger partial charge in [-0.25, -0.2) is 4.79 Å². The van der Waals surface area contributed by atoms with Gasteiger partial charge in [0.2, 0.25) is 0 Å². The zero-order valence-electron chi connectivity index (χ0n) is 11.5. The van der Waals surface area contributed by atoms with Gasteiger partial charge in [-0.1, -0.05) is 12.1 Å². The number of methoxy groups -OCH3 is 1. The first kappa shape index (κ1) is 14.7. The van der Waals surface area contributed by atoms with Gasteiger partial charge in [0.15, 0.2) is 6.10 Å². The van der Waals surface area contributed by atoms with Crippen molar-refractivity contribution in [2.45, 2.75) is 31.7 Å². The molecular formula is C14H18INO3. The molecule has 5 heteroatoms. The van der Waals surface area contributed by atoms with Crippen molar-refractivity contribution in [1.82, 2.24) is 4.90 Å². The number of nitrogens with zero attached hydrogens (tertiary/aromatic N) is 1. The van der Waals surface area contributed by atoms with Crippen LogP contribution >= 0.6 is 22.6 Å². The average molecular weight is 375 g/mol. The molecule has 2 atom stereocenters. The van der Waals surface area contributed by atoms with Gasteiger partial charge in [-0.15, -0.1) is 0 Å². The highest BCUT2D eigenvalue weighted by Crippen LogP contribution is 2.40. The summed E-state index contributed by atoms with van der Waals surface area (Å²) in [6, 6.07) is 8.00. The van der Waals surface area contributed by atoms with Crippen molar-refractivity contribution in [2.75, 3.05) is 14.2 Å². The summed E-state index contributed by atoms with van der Waals surface area (Å²) in [4.78, 5) is 14.0. The van der Waals surface area contributed by atoms with Crippen LogP contribution in [-0.4, -0.2) is 36.9 Å². The summed E-state index contributed by atoms with van der Waals surface area (Å²) in [5.74, 6) is -0.332. The van der Waals surface area contributed by atoms with Crippen molar-refractivity contribution in [1.29, 1.82) is 0 Å². The summed E-state index contributed by atoms with van der Waals surface area (Å²) in [5.41, 5.74) is 0.566. The van der Waals surface area contributed by atoms with Crippen molar-refractivity contribution < 1.29 is 14.3 Å². The highest BCUT2D eigenvalue weighted by atomic mass is 127. The van der Waals surface area contributed by atoms with Crippen LogP contribution in [0, 0.1) is 3.57 Å². The van der Waals surface area contributed by atoms with Crippen LogP contribution < -0.4 is 0 Å². The molecule has 1 unspecified atom stereocenters. The molecule has 1 heterocycles. The molecule has 1 aliphatic heterocycles. The van der Waals surface area contributed by atoms with Gasteiger partial charge in [-0.05, 0) is 61.2 Å². The Morgan fingerprint density at radius 3 is 2.47 bits per heavy atom. The van der Waals surface area contributed by atoms with Crippen LogP contribution in [0.1, 0.15) is 25.5 Å². The summed E-state index contributed by atoms with van der Waals surface area (Å²) < 4.78 is 11.9. The lowest BCUT2D eigenvalue weighted by atomic mass is 10.0. The first-order valence-corrected chi connectivity index (χ1v) is 7.19. The fourth-order valence-electron chi connectivity index (χ4n) is 2.35. The van der Waals surface area contributed by atoms with Gasteiger partial charge in [-0.3, -0.25) is 4.90 Å². The van der Waals surface area contributed by atoms with E-state index in [4.69, 9.17) is 9.47 Å². The van der Waals surface area contributed by atoms with Crippen molar-refractivity contribution in [2.24, 2.45) is 0 Å². The molecule has 1 aromatic rings. The second-order valence-corrected chi connectivity index (χ2v) is 6.36. The van der Waals surface area contributed by atoms with Crippen LogP contribution in [0.15, 0.2) is 24.3 Å². The predicted octanol–water partition coefficient (Wildman–Crippen LogP) is 2.57. The highest BCUT2D eigenvalue weighted by Gasteiger charge is 2.49. The van der Waals surface area contributed by atoms with Crippen LogP contribution in [0.2, 0.25) is 0 Å². The molecule has 0 aliphatic carbocycles. The van der Waals surface area contributed by atoms with Gasteiger partial charge >= 0.3 is 5.97 Å². The van der Waals surface area contributed by atoms with Gasteiger partial charge in [0.05, 0.1) is 13.2 Å². The highest BCUT2D eigenvalue weighted by molar-refractivity contribution is 14.1. The molecule has 1 aromatic carbocycles. The zero-order valence-corrected chi connectivity index (χ0v) is 13.7. The number of carbonyl (C=O) groups is 1. The molecular weight excluding hydrogens is 357 g/mol. The Kier molecular flexibility index (Phi) is 4.17. The van der Waals surface area contributed by atoms with E-state index in [0.29, 0.717) is 0 Å². The second kappa shape index (κ2) is 5.38. The minimum absolute atomic E-state index is 0.126.